The Balaban J connectivity index is 2.13. The van der Waals surface area contributed by atoms with Crippen LogP contribution in [0, 0.1) is 26.6 Å². The van der Waals surface area contributed by atoms with Crippen molar-refractivity contribution in [3.8, 4) is 0 Å². The van der Waals surface area contributed by atoms with Gasteiger partial charge < -0.3 is 10.6 Å². The molecule has 0 unspecified atom stereocenters. The first kappa shape index (κ1) is 16.8. The Kier molecular flexibility index (Phi) is 4.61. The molecule has 25 heavy (non-hydrogen) atoms. The normalized spacial score (nSPS) is 10.7. The summed E-state index contributed by atoms with van der Waals surface area (Å²) in [6, 6.07) is 10.3. The topological polar surface area (TPSA) is 67.9 Å². The first-order valence-electron chi connectivity index (χ1n) is 8.00. The molecule has 0 aliphatic heterocycles. The van der Waals surface area contributed by atoms with Gasteiger partial charge in [0.05, 0.1) is 17.9 Å². The van der Waals surface area contributed by atoms with Gasteiger partial charge in [0.25, 0.3) is 0 Å². The van der Waals surface area contributed by atoms with Gasteiger partial charge in [0.1, 0.15) is 11.6 Å². The fourth-order valence-corrected chi connectivity index (χ4v) is 2.55. The van der Waals surface area contributed by atoms with Gasteiger partial charge in [0.15, 0.2) is 0 Å². The number of pyridine rings is 1. The van der Waals surface area contributed by atoms with Crippen molar-refractivity contribution in [2.45, 2.75) is 27.3 Å². The number of hydrogen-bond donors (Lipinski definition) is 1. The van der Waals surface area contributed by atoms with E-state index in [0.717, 1.165) is 22.5 Å². The highest BCUT2D eigenvalue weighted by Gasteiger charge is 2.18. The minimum absolute atomic E-state index is 0.316. The number of nitrogens with two attached hydrogens (primary N) is 1. The Morgan fingerprint density at radius 3 is 2.56 bits per heavy atom. The summed E-state index contributed by atoms with van der Waals surface area (Å²) in [5.74, 6) is 0.533. The molecule has 0 amide bonds. The molecule has 0 radical (unpaired) electrons. The first-order chi connectivity index (χ1) is 12.0. The number of anilines is 3. The molecule has 0 bridgehead atoms. The Morgan fingerprint density at radius 2 is 1.88 bits per heavy atom. The van der Waals surface area contributed by atoms with Crippen LogP contribution in [0.2, 0.25) is 0 Å². The fraction of sp³-hybridized carbons (Fsp3) is 0.211. The predicted molar refractivity (Wildman–Crippen MR) is 97.1 cm³/mol. The standard InChI is InChI=1S/C19H20FN5/c1-12-7-8-15(20)10-17(12)25(11-16-6-4-5-9-22-16)19-23-14(3)13(2)18(21)24-19/h4-10H,11H2,1-3H3,(H2,21,23,24). The average Bonchev–Trinajstić information content (AvgIpc) is 2.60. The maximum absolute atomic E-state index is 13.9. The molecule has 0 aliphatic carbocycles. The third-order valence-corrected chi connectivity index (χ3v) is 4.16. The van der Waals surface area contributed by atoms with Crippen molar-refractivity contribution < 1.29 is 4.39 Å². The number of aromatic nitrogens is 3. The molecule has 2 heterocycles. The lowest BCUT2D eigenvalue weighted by Gasteiger charge is -2.25. The molecule has 5 nitrogen and oxygen atoms in total. The van der Waals surface area contributed by atoms with Gasteiger partial charge in [0.2, 0.25) is 5.95 Å². The van der Waals surface area contributed by atoms with Gasteiger partial charge in [0, 0.05) is 17.5 Å². The average molecular weight is 337 g/mol. The Bertz CT molecular complexity index is 873. The van der Waals surface area contributed by atoms with Gasteiger partial charge in [-0.05, 0) is 50.6 Å². The van der Waals surface area contributed by atoms with Gasteiger partial charge in [-0.2, -0.15) is 4.98 Å². The molecule has 0 aliphatic rings. The number of aryl methyl sites for hydroxylation is 2. The van der Waals surface area contributed by atoms with E-state index in [-0.39, 0.29) is 5.82 Å². The smallest absolute Gasteiger partial charge is 0.232 e. The van der Waals surface area contributed by atoms with Crippen LogP contribution in [0.25, 0.3) is 0 Å². The van der Waals surface area contributed by atoms with Crippen LogP contribution in [0.3, 0.4) is 0 Å². The van der Waals surface area contributed by atoms with Crippen LogP contribution < -0.4 is 10.6 Å². The van der Waals surface area contributed by atoms with E-state index in [0.29, 0.717) is 24.0 Å². The van der Waals surface area contributed by atoms with E-state index in [1.54, 1.807) is 12.3 Å². The van der Waals surface area contributed by atoms with E-state index >= 15 is 0 Å². The van der Waals surface area contributed by atoms with Crippen molar-refractivity contribution in [3.63, 3.8) is 0 Å². The zero-order valence-electron chi connectivity index (χ0n) is 14.5. The molecule has 3 rings (SSSR count). The highest BCUT2D eigenvalue weighted by atomic mass is 19.1. The lowest BCUT2D eigenvalue weighted by atomic mass is 10.1. The monoisotopic (exact) mass is 337 g/mol. The summed E-state index contributed by atoms with van der Waals surface area (Å²) in [5.41, 5.74) is 10.1. The Hall–Kier alpha value is -3.02. The highest BCUT2D eigenvalue weighted by Crippen LogP contribution is 2.30. The number of rotatable bonds is 4. The van der Waals surface area contributed by atoms with E-state index in [4.69, 9.17) is 5.73 Å². The fourth-order valence-electron chi connectivity index (χ4n) is 2.55. The molecule has 1 aromatic carbocycles. The quantitative estimate of drug-likeness (QED) is 0.783. The Morgan fingerprint density at radius 1 is 1.08 bits per heavy atom. The molecule has 0 atom stereocenters. The van der Waals surface area contributed by atoms with Crippen LogP contribution in [0.15, 0.2) is 42.6 Å². The van der Waals surface area contributed by atoms with Gasteiger partial charge in [-0.1, -0.05) is 12.1 Å². The third-order valence-electron chi connectivity index (χ3n) is 4.16. The molecule has 6 heteroatoms. The minimum Gasteiger partial charge on any atom is -0.383 e. The van der Waals surface area contributed by atoms with Crippen LogP contribution in [-0.4, -0.2) is 15.0 Å². The number of nitrogen functional groups attached to an aromatic ring is 1. The first-order valence-corrected chi connectivity index (χ1v) is 8.00. The predicted octanol–water partition coefficient (Wildman–Crippen LogP) is 3.86. The zero-order chi connectivity index (χ0) is 18.0. The van der Waals surface area contributed by atoms with E-state index in [1.807, 2.05) is 43.9 Å². The van der Waals surface area contributed by atoms with Crippen LogP contribution in [0.1, 0.15) is 22.5 Å². The number of hydrogen-bond acceptors (Lipinski definition) is 5. The second kappa shape index (κ2) is 6.84. The second-order valence-electron chi connectivity index (χ2n) is 5.96. The van der Waals surface area contributed by atoms with Crippen LogP contribution in [0.4, 0.5) is 21.8 Å². The summed E-state index contributed by atoms with van der Waals surface area (Å²) in [4.78, 5) is 15.2. The summed E-state index contributed by atoms with van der Waals surface area (Å²) >= 11 is 0. The largest absolute Gasteiger partial charge is 0.383 e. The van der Waals surface area contributed by atoms with Crippen molar-refractivity contribution in [1.29, 1.82) is 0 Å². The van der Waals surface area contributed by atoms with Gasteiger partial charge in [-0.3, -0.25) is 4.98 Å². The summed E-state index contributed by atoms with van der Waals surface area (Å²) in [6.45, 7) is 6.09. The van der Waals surface area contributed by atoms with E-state index < -0.39 is 0 Å². The van der Waals surface area contributed by atoms with Crippen molar-refractivity contribution in [2.75, 3.05) is 10.6 Å². The van der Waals surface area contributed by atoms with Gasteiger partial charge >= 0.3 is 0 Å². The maximum Gasteiger partial charge on any atom is 0.232 e. The summed E-state index contributed by atoms with van der Waals surface area (Å²) in [6.07, 6.45) is 1.72. The lowest BCUT2D eigenvalue weighted by molar-refractivity contribution is 0.626. The summed E-state index contributed by atoms with van der Waals surface area (Å²) in [7, 11) is 0. The molecule has 2 N–H and O–H groups in total. The SMILES string of the molecule is Cc1ccc(F)cc1N(Cc1ccccn1)c1nc(C)c(C)c(N)n1. The number of halogens is 1. The molecule has 128 valence electrons. The van der Waals surface area contributed by atoms with Gasteiger partial charge in [-0.15, -0.1) is 0 Å². The lowest BCUT2D eigenvalue weighted by Crippen LogP contribution is -2.22. The molecule has 3 aromatic rings. The van der Waals surface area contributed by atoms with Crippen molar-refractivity contribution >= 4 is 17.5 Å². The van der Waals surface area contributed by atoms with Crippen LogP contribution in [0.5, 0.6) is 0 Å². The van der Waals surface area contributed by atoms with E-state index in [1.165, 1.54) is 12.1 Å². The molecular weight excluding hydrogens is 317 g/mol. The molecule has 0 saturated heterocycles. The van der Waals surface area contributed by atoms with Crippen molar-refractivity contribution in [2.24, 2.45) is 0 Å². The van der Waals surface area contributed by atoms with E-state index in [2.05, 4.69) is 15.0 Å². The zero-order valence-corrected chi connectivity index (χ0v) is 14.5. The van der Waals surface area contributed by atoms with Gasteiger partial charge in [-0.25, -0.2) is 9.37 Å². The van der Waals surface area contributed by atoms with Crippen molar-refractivity contribution in [1.82, 2.24) is 15.0 Å². The minimum atomic E-state index is -0.316. The maximum atomic E-state index is 13.9. The summed E-state index contributed by atoms with van der Waals surface area (Å²) < 4.78 is 13.9. The summed E-state index contributed by atoms with van der Waals surface area (Å²) in [5, 5.41) is 0. The second-order valence-corrected chi connectivity index (χ2v) is 5.96. The van der Waals surface area contributed by atoms with Crippen molar-refractivity contribution in [3.05, 3.63) is 70.9 Å². The molecule has 0 spiro atoms. The highest BCUT2D eigenvalue weighted by molar-refractivity contribution is 5.63. The van der Waals surface area contributed by atoms with Crippen LogP contribution >= 0.6 is 0 Å². The molecular formula is C19H20FN5. The third kappa shape index (κ3) is 3.57. The molecule has 0 fully saturated rings. The molecule has 0 saturated carbocycles. The number of benzene rings is 1. The number of nitrogens with zero attached hydrogens (tertiary/aromatic N) is 4. The van der Waals surface area contributed by atoms with Crippen LogP contribution in [-0.2, 0) is 6.54 Å². The Labute approximate surface area is 146 Å². The van der Waals surface area contributed by atoms with E-state index in [9.17, 15) is 4.39 Å². The molecule has 2 aromatic heterocycles.